The number of amides is 1. The van der Waals surface area contributed by atoms with Gasteiger partial charge in [-0.15, -0.1) is 11.3 Å². The number of pyridine rings is 1. The molecular formula is C18H23N3O2S. The molecule has 0 aromatic carbocycles. The van der Waals surface area contributed by atoms with E-state index in [4.69, 9.17) is 4.74 Å². The summed E-state index contributed by atoms with van der Waals surface area (Å²) in [6, 6.07) is 3.90. The first-order valence-corrected chi connectivity index (χ1v) is 9.10. The van der Waals surface area contributed by atoms with Crippen molar-refractivity contribution in [1.29, 1.82) is 0 Å². The van der Waals surface area contributed by atoms with Gasteiger partial charge < -0.3 is 9.64 Å². The highest BCUT2D eigenvalue weighted by molar-refractivity contribution is 7.13. The van der Waals surface area contributed by atoms with E-state index in [1.807, 2.05) is 35.5 Å². The van der Waals surface area contributed by atoms with Crippen LogP contribution in [0.15, 0.2) is 29.9 Å². The Labute approximate surface area is 146 Å². The molecule has 0 saturated carbocycles. The molecule has 0 radical (unpaired) electrons. The highest BCUT2D eigenvalue weighted by Gasteiger charge is 2.36. The Hall–Kier alpha value is -1.79. The molecule has 2 aromatic heterocycles. The van der Waals surface area contributed by atoms with E-state index in [9.17, 15) is 4.79 Å². The molecule has 0 spiro atoms. The minimum absolute atomic E-state index is 0.0958. The van der Waals surface area contributed by atoms with Crippen LogP contribution in [0.3, 0.4) is 0 Å². The van der Waals surface area contributed by atoms with Crippen LogP contribution < -0.4 is 0 Å². The number of hydrogen-bond acceptors (Lipinski definition) is 5. The van der Waals surface area contributed by atoms with E-state index < -0.39 is 0 Å². The Morgan fingerprint density at radius 1 is 1.50 bits per heavy atom. The number of hydrogen-bond donors (Lipinski definition) is 0. The number of carbonyl (C=O) groups excluding carboxylic acids is 1. The SMILES string of the molecule is CC1CN(C(=O)CCc2csc(-c3cccnc3)n2)C(C)(C)CO1. The van der Waals surface area contributed by atoms with Crippen LogP contribution in [-0.2, 0) is 16.0 Å². The van der Waals surface area contributed by atoms with Crippen LogP contribution in [0.1, 0.15) is 32.9 Å². The Kier molecular flexibility index (Phi) is 4.96. The molecule has 0 aliphatic carbocycles. The molecule has 0 bridgehead atoms. The average molecular weight is 345 g/mol. The predicted molar refractivity (Wildman–Crippen MR) is 94.9 cm³/mol. The Bertz CT molecular complexity index is 699. The summed E-state index contributed by atoms with van der Waals surface area (Å²) < 4.78 is 5.68. The summed E-state index contributed by atoms with van der Waals surface area (Å²) in [4.78, 5) is 23.4. The molecule has 2 aromatic rings. The number of ether oxygens (including phenoxy) is 1. The molecule has 3 rings (SSSR count). The molecule has 3 heterocycles. The number of nitrogens with zero attached hydrogens (tertiary/aromatic N) is 3. The molecule has 1 aliphatic heterocycles. The van der Waals surface area contributed by atoms with Gasteiger partial charge in [-0.1, -0.05) is 0 Å². The highest BCUT2D eigenvalue weighted by atomic mass is 32.1. The quantitative estimate of drug-likeness (QED) is 0.854. The topological polar surface area (TPSA) is 55.3 Å². The first-order chi connectivity index (χ1) is 11.5. The van der Waals surface area contributed by atoms with E-state index in [0.717, 1.165) is 16.3 Å². The second-order valence-corrected chi connectivity index (χ2v) is 7.68. The van der Waals surface area contributed by atoms with Gasteiger partial charge in [0.15, 0.2) is 0 Å². The van der Waals surface area contributed by atoms with Gasteiger partial charge in [-0.25, -0.2) is 4.98 Å². The van der Waals surface area contributed by atoms with Gasteiger partial charge >= 0.3 is 0 Å². The third kappa shape index (κ3) is 3.82. The summed E-state index contributed by atoms with van der Waals surface area (Å²) in [6.45, 7) is 7.36. The Morgan fingerprint density at radius 3 is 3.08 bits per heavy atom. The number of carbonyl (C=O) groups is 1. The summed E-state index contributed by atoms with van der Waals surface area (Å²) in [5.41, 5.74) is 1.74. The van der Waals surface area contributed by atoms with Crippen molar-refractivity contribution >= 4 is 17.2 Å². The van der Waals surface area contributed by atoms with Crippen LogP contribution in [0.4, 0.5) is 0 Å². The summed E-state index contributed by atoms with van der Waals surface area (Å²) in [5, 5.41) is 2.98. The zero-order valence-corrected chi connectivity index (χ0v) is 15.2. The zero-order chi connectivity index (χ0) is 17.2. The number of rotatable bonds is 4. The lowest BCUT2D eigenvalue weighted by molar-refractivity contribution is -0.152. The second-order valence-electron chi connectivity index (χ2n) is 6.82. The molecule has 1 atom stereocenters. The lowest BCUT2D eigenvalue weighted by atomic mass is 10.00. The average Bonchev–Trinajstić information content (AvgIpc) is 3.05. The van der Waals surface area contributed by atoms with Crippen molar-refractivity contribution in [2.75, 3.05) is 13.2 Å². The fourth-order valence-corrected chi connectivity index (χ4v) is 3.68. The molecule has 1 fully saturated rings. The third-order valence-corrected chi connectivity index (χ3v) is 5.19. The fourth-order valence-electron chi connectivity index (χ4n) is 2.83. The maximum atomic E-state index is 12.6. The Morgan fingerprint density at radius 2 is 2.33 bits per heavy atom. The maximum Gasteiger partial charge on any atom is 0.223 e. The molecule has 5 nitrogen and oxygen atoms in total. The van der Waals surface area contributed by atoms with E-state index >= 15 is 0 Å². The van der Waals surface area contributed by atoms with Crippen molar-refractivity contribution in [1.82, 2.24) is 14.9 Å². The molecular weight excluding hydrogens is 322 g/mol. The molecule has 1 unspecified atom stereocenters. The molecule has 1 amide bonds. The van der Waals surface area contributed by atoms with E-state index in [0.29, 0.717) is 26.0 Å². The van der Waals surface area contributed by atoms with Gasteiger partial charge in [0.25, 0.3) is 0 Å². The van der Waals surface area contributed by atoms with Crippen molar-refractivity contribution in [3.63, 3.8) is 0 Å². The Balaban J connectivity index is 1.61. The normalized spacial score (nSPS) is 20.1. The number of aryl methyl sites for hydroxylation is 1. The number of thiazole rings is 1. The van der Waals surface area contributed by atoms with Gasteiger partial charge in [0.1, 0.15) is 5.01 Å². The first-order valence-electron chi connectivity index (χ1n) is 8.22. The van der Waals surface area contributed by atoms with E-state index in [-0.39, 0.29) is 17.6 Å². The zero-order valence-electron chi connectivity index (χ0n) is 14.4. The summed E-state index contributed by atoms with van der Waals surface area (Å²) >= 11 is 1.59. The van der Waals surface area contributed by atoms with E-state index in [2.05, 4.69) is 23.8 Å². The van der Waals surface area contributed by atoms with Crippen LogP contribution >= 0.6 is 11.3 Å². The maximum absolute atomic E-state index is 12.6. The van der Waals surface area contributed by atoms with Crippen molar-refractivity contribution in [2.45, 2.75) is 45.3 Å². The van der Waals surface area contributed by atoms with Gasteiger partial charge in [0.2, 0.25) is 5.91 Å². The third-order valence-electron chi connectivity index (χ3n) is 4.25. The molecule has 1 saturated heterocycles. The summed E-state index contributed by atoms with van der Waals surface area (Å²) in [5.74, 6) is 0.172. The molecule has 6 heteroatoms. The monoisotopic (exact) mass is 345 g/mol. The van der Waals surface area contributed by atoms with Gasteiger partial charge in [0.05, 0.1) is 23.9 Å². The standard InChI is InChI=1S/C18H23N3O2S/c1-13-10-21(18(2,3)12-23-13)16(22)7-6-15-11-24-17(20-15)14-5-4-8-19-9-14/h4-5,8-9,11,13H,6-7,10,12H2,1-3H3. The number of morpholine rings is 1. The van der Waals surface area contributed by atoms with Crippen molar-refractivity contribution in [3.8, 4) is 10.6 Å². The second kappa shape index (κ2) is 6.99. The van der Waals surface area contributed by atoms with Crippen LogP contribution in [0.25, 0.3) is 10.6 Å². The van der Waals surface area contributed by atoms with Crippen LogP contribution in [0.2, 0.25) is 0 Å². The highest BCUT2D eigenvalue weighted by Crippen LogP contribution is 2.25. The van der Waals surface area contributed by atoms with Crippen molar-refractivity contribution < 1.29 is 9.53 Å². The molecule has 1 aliphatic rings. The minimum atomic E-state index is -0.244. The van der Waals surface area contributed by atoms with Crippen molar-refractivity contribution in [2.24, 2.45) is 0 Å². The number of aromatic nitrogens is 2. The molecule has 0 N–H and O–H groups in total. The predicted octanol–water partition coefficient (Wildman–Crippen LogP) is 3.16. The van der Waals surface area contributed by atoms with Crippen LogP contribution in [0, 0.1) is 0 Å². The summed E-state index contributed by atoms with van der Waals surface area (Å²) in [6.07, 6.45) is 4.80. The van der Waals surface area contributed by atoms with Gasteiger partial charge in [-0.2, -0.15) is 0 Å². The lowest BCUT2D eigenvalue weighted by Crippen LogP contribution is -2.57. The van der Waals surface area contributed by atoms with E-state index in [1.165, 1.54) is 0 Å². The van der Waals surface area contributed by atoms with Gasteiger partial charge in [-0.3, -0.25) is 9.78 Å². The minimum Gasteiger partial charge on any atom is -0.374 e. The smallest absolute Gasteiger partial charge is 0.223 e. The van der Waals surface area contributed by atoms with Crippen LogP contribution in [0.5, 0.6) is 0 Å². The summed E-state index contributed by atoms with van der Waals surface area (Å²) in [7, 11) is 0. The largest absolute Gasteiger partial charge is 0.374 e. The molecule has 128 valence electrons. The van der Waals surface area contributed by atoms with Gasteiger partial charge in [-0.05, 0) is 39.3 Å². The first kappa shape index (κ1) is 17.0. The van der Waals surface area contributed by atoms with Crippen LogP contribution in [-0.4, -0.2) is 45.6 Å². The lowest BCUT2D eigenvalue weighted by Gasteiger charge is -2.44. The van der Waals surface area contributed by atoms with Crippen molar-refractivity contribution in [3.05, 3.63) is 35.6 Å². The molecule has 24 heavy (non-hydrogen) atoms. The van der Waals surface area contributed by atoms with Gasteiger partial charge in [0, 0.05) is 36.3 Å². The fraction of sp³-hybridized carbons (Fsp3) is 0.500. The van der Waals surface area contributed by atoms with E-state index in [1.54, 1.807) is 17.5 Å².